The molecule has 228 valence electrons. The van der Waals surface area contributed by atoms with Crippen LogP contribution >= 0.6 is 95.9 Å². The van der Waals surface area contributed by atoms with Crippen molar-refractivity contribution in [2.75, 3.05) is 47.6 Å². The van der Waals surface area contributed by atoms with Gasteiger partial charge < -0.3 is 9.80 Å². The minimum absolute atomic E-state index is 0.217. The van der Waals surface area contributed by atoms with E-state index in [1.165, 1.54) is 89.3 Å². The molecule has 10 heteroatoms. The van der Waals surface area contributed by atoms with Gasteiger partial charge >= 0.3 is 0 Å². The van der Waals surface area contributed by atoms with E-state index in [-0.39, 0.29) is 10.8 Å². The molecule has 2 saturated heterocycles. The summed E-state index contributed by atoms with van der Waals surface area (Å²) in [7, 11) is 0. The number of thiocarbonyl (C=S) groups is 4. The van der Waals surface area contributed by atoms with Gasteiger partial charge in [0.15, 0.2) is 0 Å². The van der Waals surface area contributed by atoms with Crippen LogP contribution < -0.4 is 0 Å². The van der Waals surface area contributed by atoms with Crippen LogP contribution in [0.3, 0.4) is 0 Å². The molecule has 2 unspecified atom stereocenters. The second kappa shape index (κ2) is 15.9. The average molecular weight is 703 g/mol. The van der Waals surface area contributed by atoms with Gasteiger partial charge in [-0.05, 0) is 112 Å². The lowest BCUT2D eigenvalue weighted by molar-refractivity contribution is 0.281. The van der Waals surface area contributed by atoms with Gasteiger partial charge in [-0.3, -0.25) is 0 Å². The number of hydrogen-bond donors (Lipinski definition) is 0. The fourth-order valence-electron chi connectivity index (χ4n) is 5.94. The summed E-state index contributed by atoms with van der Waals surface area (Å²) >= 11 is 31.3. The first-order valence-electron chi connectivity index (χ1n) is 15.0. The highest BCUT2D eigenvalue weighted by atomic mass is 32.2. The van der Waals surface area contributed by atoms with Crippen molar-refractivity contribution in [2.45, 2.75) is 72.6 Å². The fourth-order valence-corrected chi connectivity index (χ4v) is 12.2. The Kier molecular flexibility index (Phi) is 13.5. The molecule has 0 aromatic carbocycles. The van der Waals surface area contributed by atoms with Crippen LogP contribution in [0.1, 0.15) is 72.6 Å². The van der Waals surface area contributed by atoms with Crippen molar-refractivity contribution in [1.29, 1.82) is 0 Å². The maximum absolute atomic E-state index is 5.87. The number of rotatable bonds is 16. The molecule has 0 bridgehead atoms. The monoisotopic (exact) mass is 702 g/mol. The molecule has 0 aromatic rings. The third-order valence-electron chi connectivity index (χ3n) is 8.26. The quantitative estimate of drug-likeness (QED) is 0.113. The largest absolute Gasteiger partial charge is 0.326 e. The van der Waals surface area contributed by atoms with E-state index in [2.05, 4.69) is 73.2 Å². The standard InChI is InChI=1S/C31H46N2S8/c1-30(2,20-32-26(34)18-24-22(28(32)36)8-16-40-24)10-5-12-38-14-7-15-39-13-6-11-31(3,4)21-33-27(35)19-25-23(29(33)37)9-17-41-25/h18-19,22-23H,5-17,20-21H2,1-4H3. The molecule has 0 radical (unpaired) electrons. The van der Waals surface area contributed by atoms with Gasteiger partial charge in [-0.2, -0.15) is 23.5 Å². The lowest BCUT2D eigenvalue weighted by Gasteiger charge is -2.38. The van der Waals surface area contributed by atoms with Crippen LogP contribution in [0.5, 0.6) is 0 Å². The van der Waals surface area contributed by atoms with Gasteiger partial charge in [-0.1, -0.05) is 76.6 Å². The molecule has 0 aliphatic carbocycles. The predicted octanol–water partition coefficient (Wildman–Crippen LogP) is 9.67. The second-order valence-corrected chi connectivity index (χ2v) is 19.6. The lowest BCUT2D eigenvalue weighted by atomic mass is 9.86. The van der Waals surface area contributed by atoms with E-state index >= 15 is 0 Å². The summed E-state index contributed by atoms with van der Waals surface area (Å²) in [6.07, 6.45) is 13.0. The smallest absolute Gasteiger partial charge is 0.107 e. The van der Waals surface area contributed by atoms with E-state index < -0.39 is 0 Å². The van der Waals surface area contributed by atoms with E-state index in [1.54, 1.807) is 0 Å². The first-order chi connectivity index (χ1) is 19.5. The highest BCUT2D eigenvalue weighted by Gasteiger charge is 2.37. The summed E-state index contributed by atoms with van der Waals surface area (Å²) in [6.45, 7) is 11.4. The first kappa shape index (κ1) is 34.7. The van der Waals surface area contributed by atoms with Crippen LogP contribution in [0.25, 0.3) is 0 Å². The Hall–Kier alpha value is 0.840. The Bertz CT molecular complexity index is 980. The molecule has 4 heterocycles. The summed E-state index contributed by atoms with van der Waals surface area (Å²) in [5.74, 6) is 8.25. The van der Waals surface area contributed by atoms with E-state index in [0.717, 1.165) is 33.0 Å². The Morgan fingerprint density at radius 3 is 1.49 bits per heavy atom. The van der Waals surface area contributed by atoms with Crippen LogP contribution in [0.2, 0.25) is 0 Å². The highest BCUT2D eigenvalue weighted by Crippen LogP contribution is 2.43. The summed E-state index contributed by atoms with van der Waals surface area (Å²) in [5.41, 5.74) is 0.433. The molecule has 0 spiro atoms. The molecule has 4 rings (SSSR count). The van der Waals surface area contributed by atoms with E-state index in [9.17, 15) is 0 Å². The minimum Gasteiger partial charge on any atom is -0.326 e. The first-order valence-corrected chi connectivity index (χ1v) is 20.9. The third-order valence-corrected chi connectivity index (χ3v) is 14.6. The molecule has 0 amide bonds. The normalized spacial score (nSPS) is 23.2. The van der Waals surface area contributed by atoms with Crippen molar-refractivity contribution >= 4 is 116 Å². The second-order valence-electron chi connectivity index (χ2n) is 13.1. The number of hydrogen-bond acceptors (Lipinski definition) is 8. The zero-order valence-electron chi connectivity index (χ0n) is 25.1. The van der Waals surface area contributed by atoms with Crippen LogP contribution in [-0.2, 0) is 0 Å². The van der Waals surface area contributed by atoms with Crippen molar-refractivity contribution in [3.8, 4) is 0 Å². The van der Waals surface area contributed by atoms with Gasteiger partial charge in [0.25, 0.3) is 0 Å². The van der Waals surface area contributed by atoms with Crippen molar-refractivity contribution in [2.24, 2.45) is 22.7 Å². The molecule has 0 saturated carbocycles. The van der Waals surface area contributed by atoms with Gasteiger partial charge in [0, 0.05) is 24.9 Å². The minimum atomic E-state index is 0.217. The fraction of sp³-hybridized carbons (Fsp3) is 0.742. The van der Waals surface area contributed by atoms with Crippen LogP contribution in [0.15, 0.2) is 22.0 Å². The van der Waals surface area contributed by atoms with Crippen molar-refractivity contribution in [3.63, 3.8) is 0 Å². The summed E-state index contributed by atoms with van der Waals surface area (Å²) < 4.78 is 0. The number of fused-ring (bicyclic) bond motifs is 2. The topological polar surface area (TPSA) is 6.48 Å². The molecule has 4 aliphatic heterocycles. The SMILES string of the molecule is CC(C)(CCCSCCCSCCCC(C)(C)CN1C(=S)C=C2SCCC2C1=S)CN1C(=S)C=C2SCCC2C1=S. The van der Waals surface area contributed by atoms with Crippen LogP contribution in [0.4, 0.5) is 0 Å². The van der Waals surface area contributed by atoms with Gasteiger partial charge in [-0.15, -0.1) is 23.5 Å². The molecule has 2 atom stereocenters. The summed E-state index contributed by atoms with van der Waals surface area (Å²) in [4.78, 5) is 11.3. The van der Waals surface area contributed by atoms with Crippen LogP contribution in [0, 0.1) is 22.7 Å². The van der Waals surface area contributed by atoms with E-state index in [0.29, 0.717) is 11.8 Å². The summed E-state index contributed by atoms with van der Waals surface area (Å²) in [6, 6.07) is 0. The van der Waals surface area contributed by atoms with E-state index in [1.807, 2.05) is 23.5 Å². The molecular formula is C31H46N2S8. The maximum atomic E-state index is 5.87. The molecule has 0 aromatic heterocycles. The molecule has 2 nitrogen and oxygen atoms in total. The maximum Gasteiger partial charge on any atom is 0.107 e. The van der Waals surface area contributed by atoms with Gasteiger partial charge in [-0.25, -0.2) is 0 Å². The molecule has 41 heavy (non-hydrogen) atoms. The third kappa shape index (κ3) is 9.91. The number of nitrogens with zero attached hydrogens (tertiary/aromatic N) is 2. The Morgan fingerprint density at radius 1 is 0.683 bits per heavy atom. The number of thioether (sulfide) groups is 4. The Morgan fingerprint density at radius 2 is 1.07 bits per heavy atom. The Balaban J connectivity index is 1.02. The summed E-state index contributed by atoms with van der Waals surface area (Å²) in [5, 5.41) is 0. The average Bonchev–Trinajstić information content (AvgIpc) is 3.57. The van der Waals surface area contributed by atoms with Crippen molar-refractivity contribution in [1.82, 2.24) is 9.80 Å². The molecule has 0 N–H and O–H groups in total. The molecular weight excluding hydrogens is 657 g/mol. The molecule has 4 aliphatic rings. The Labute approximate surface area is 288 Å². The van der Waals surface area contributed by atoms with Gasteiger partial charge in [0.05, 0.1) is 9.98 Å². The van der Waals surface area contributed by atoms with Crippen molar-refractivity contribution < 1.29 is 0 Å². The van der Waals surface area contributed by atoms with Crippen molar-refractivity contribution in [3.05, 3.63) is 22.0 Å². The predicted molar refractivity (Wildman–Crippen MR) is 206 cm³/mol. The van der Waals surface area contributed by atoms with Gasteiger partial charge in [0.1, 0.15) is 9.98 Å². The molecule has 2 fully saturated rings. The highest BCUT2D eigenvalue weighted by molar-refractivity contribution is 8.04. The van der Waals surface area contributed by atoms with Crippen LogP contribution in [-0.4, -0.2) is 77.4 Å². The van der Waals surface area contributed by atoms with Gasteiger partial charge in [0.2, 0.25) is 0 Å². The van der Waals surface area contributed by atoms with E-state index in [4.69, 9.17) is 48.9 Å². The zero-order chi connectivity index (χ0) is 29.6. The zero-order valence-corrected chi connectivity index (χ0v) is 31.6. The lowest BCUT2D eigenvalue weighted by Crippen LogP contribution is -2.45.